The van der Waals surface area contributed by atoms with Crippen molar-refractivity contribution in [2.75, 3.05) is 18.5 Å². The minimum atomic E-state index is -0.757. The molecule has 1 saturated heterocycles. The Balaban J connectivity index is 1.47. The molecule has 1 fully saturated rings. The van der Waals surface area contributed by atoms with Gasteiger partial charge in [-0.2, -0.15) is 0 Å². The van der Waals surface area contributed by atoms with Crippen LogP contribution in [0.5, 0.6) is 0 Å². The molecule has 34 heavy (non-hydrogen) atoms. The predicted octanol–water partition coefficient (Wildman–Crippen LogP) is 3.22. The van der Waals surface area contributed by atoms with Crippen molar-refractivity contribution in [2.24, 2.45) is 5.92 Å². The summed E-state index contributed by atoms with van der Waals surface area (Å²) in [4.78, 5) is 49.3. The molecule has 1 aliphatic heterocycles. The fourth-order valence-corrected chi connectivity index (χ4v) is 3.56. The molecule has 0 radical (unpaired) electrons. The number of aryl methyl sites for hydroxylation is 1. The van der Waals surface area contributed by atoms with Gasteiger partial charge < -0.3 is 10.1 Å². The van der Waals surface area contributed by atoms with Crippen LogP contribution in [0, 0.1) is 5.92 Å². The molecule has 1 heterocycles. The SMILES string of the molecule is CCc1ccc(NC(=O)COC(=O)[C@H]2CC(=O)N(NC(=O)c3ccc(C(C)(C)C)cc3)C2)cc1. The number of carbonyl (C=O) groups is 4. The van der Waals surface area contributed by atoms with Gasteiger partial charge in [0.15, 0.2) is 6.61 Å². The van der Waals surface area contributed by atoms with Gasteiger partial charge in [0.2, 0.25) is 5.91 Å². The van der Waals surface area contributed by atoms with E-state index in [0.29, 0.717) is 11.3 Å². The summed E-state index contributed by atoms with van der Waals surface area (Å²) in [5.41, 5.74) is 5.77. The molecule has 180 valence electrons. The summed E-state index contributed by atoms with van der Waals surface area (Å²) >= 11 is 0. The lowest BCUT2D eigenvalue weighted by atomic mass is 9.87. The standard InChI is InChI=1S/C26H31N3O5/c1-5-17-6-12-21(13-7-17)27-22(30)16-34-25(33)19-14-23(31)29(15-19)28-24(32)18-8-10-20(11-9-18)26(2,3)4/h6-13,19H,5,14-16H2,1-4H3,(H,27,30)(H,28,32)/t19-/m0/s1. The number of hydrazine groups is 1. The van der Waals surface area contributed by atoms with Crippen molar-refractivity contribution in [1.29, 1.82) is 0 Å². The van der Waals surface area contributed by atoms with Gasteiger partial charge in [0.1, 0.15) is 0 Å². The number of hydrogen-bond acceptors (Lipinski definition) is 5. The smallest absolute Gasteiger partial charge is 0.311 e. The van der Waals surface area contributed by atoms with Gasteiger partial charge in [0, 0.05) is 17.7 Å². The first-order valence-electron chi connectivity index (χ1n) is 11.3. The minimum Gasteiger partial charge on any atom is -0.455 e. The van der Waals surface area contributed by atoms with E-state index < -0.39 is 30.3 Å². The number of nitrogens with one attached hydrogen (secondary N) is 2. The Morgan fingerprint density at radius 2 is 1.68 bits per heavy atom. The summed E-state index contributed by atoms with van der Waals surface area (Å²) in [6, 6.07) is 14.6. The van der Waals surface area contributed by atoms with Crippen LogP contribution in [0.15, 0.2) is 48.5 Å². The van der Waals surface area contributed by atoms with Crippen molar-refractivity contribution in [3.8, 4) is 0 Å². The quantitative estimate of drug-likeness (QED) is 0.611. The Morgan fingerprint density at radius 1 is 1.03 bits per heavy atom. The molecule has 0 spiro atoms. The highest BCUT2D eigenvalue weighted by molar-refractivity contribution is 5.97. The van der Waals surface area contributed by atoms with Crippen LogP contribution in [-0.2, 0) is 31.0 Å². The van der Waals surface area contributed by atoms with Crippen molar-refractivity contribution >= 4 is 29.4 Å². The lowest BCUT2D eigenvalue weighted by Gasteiger charge is -2.20. The lowest BCUT2D eigenvalue weighted by molar-refractivity contribution is -0.151. The van der Waals surface area contributed by atoms with E-state index in [9.17, 15) is 19.2 Å². The Kier molecular flexibility index (Phi) is 7.71. The van der Waals surface area contributed by atoms with Crippen LogP contribution < -0.4 is 10.7 Å². The third-order valence-corrected chi connectivity index (χ3v) is 5.70. The van der Waals surface area contributed by atoms with Crippen LogP contribution in [0.3, 0.4) is 0 Å². The molecule has 3 rings (SSSR count). The first-order chi connectivity index (χ1) is 16.1. The second kappa shape index (κ2) is 10.5. The second-order valence-electron chi connectivity index (χ2n) is 9.38. The van der Waals surface area contributed by atoms with Gasteiger partial charge >= 0.3 is 5.97 Å². The summed E-state index contributed by atoms with van der Waals surface area (Å²) in [6.45, 7) is 7.82. The number of carbonyl (C=O) groups excluding carboxylic acids is 4. The van der Waals surface area contributed by atoms with Crippen LogP contribution in [0.2, 0.25) is 0 Å². The fourth-order valence-electron chi connectivity index (χ4n) is 3.56. The van der Waals surface area contributed by atoms with Crippen molar-refractivity contribution in [3.05, 3.63) is 65.2 Å². The van der Waals surface area contributed by atoms with Crippen molar-refractivity contribution in [2.45, 2.75) is 46.0 Å². The van der Waals surface area contributed by atoms with E-state index in [1.807, 2.05) is 31.2 Å². The van der Waals surface area contributed by atoms with Gasteiger partial charge in [-0.1, -0.05) is 52.0 Å². The Hall–Kier alpha value is -3.68. The Labute approximate surface area is 199 Å². The Morgan fingerprint density at radius 3 is 2.26 bits per heavy atom. The summed E-state index contributed by atoms with van der Waals surface area (Å²) < 4.78 is 5.09. The molecule has 0 unspecified atom stereocenters. The number of amides is 3. The third kappa shape index (κ3) is 6.43. The van der Waals surface area contributed by atoms with Gasteiger partial charge in [-0.05, 0) is 47.2 Å². The lowest BCUT2D eigenvalue weighted by Crippen LogP contribution is -2.43. The average molecular weight is 466 g/mol. The van der Waals surface area contributed by atoms with Gasteiger partial charge in [-0.15, -0.1) is 0 Å². The van der Waals surface area contributed by atoms with E-state index in [1.54, 1.807) is 24.3 Å². The molecular weight excluding hydrogens is 434 g/mol. The predicted molar refractivity (Wildman–Crippen MR) is 128 cm³/mol. The molecule has 0 bridgehead atoms. The summed E-state index contributed by atoms with van der Waals surface area (Å²) in [7, 11) is 0. The number of esters is 1. The normalized spacial score (nSPS) is 15.7. The molecule has 1 atom stereocenters. The highest BCUT2D eigenvalue weighted by atomic mass is 16.5. The second-order valence-corrected chi connectivity index (χ2v) is 9.38. The van der Waals surface area contributed by atoms with Crippen LogP contribution in [0.1, 0.15) is 55.6 Å². The van der Waals surface area contributed by atoms with Crippen molar-refractivity contribution in [1.82, 2.24) is 10.4 Å². The maximum absolute atomic E-state index is 12.5. The van der Waals surface area contributed by atoms with E-state index in [0.717, 1.165) is 22.6 Å². The Bertz CT molecular complexity index is 1060. The number of anilines is 1. The molecular formula is C26H31N3O5. The van der Waals surface area contributed by atoms with Crippen LogP contribution in [0.4, 0.5) is 5.69 Å². The largest absolute Gasteiger partial charge is 0.455 e. The maximum Gasteiger partial charge on any atom is 0.311 e. The zero-order valence-electron chi connectivity index (χ0n) is 20.0. The van der Waals surface area contributed by atoms with E-state index in [1.165, 1.54) is 0 Å². The maximum atomic E-state index is 12.5. The molecule has 8 nitrogen and oxygen atoms in total. The first-order valence-corrected chi connectivity index (χ1v) is 11.3. The number of hydrogen-bond donors (Lipinski definition) is 2. The monoisotopic (exact) mass is 465 g/mol. The van der Waals surface area contributed by atoms with E-state index in [4.69, 9.17) is 4.74 Å². The van der Waals surface area contributed by atoms with Crippen LogP contribution in [0.25, 0.3) is 0 Å². The van der Waals surface area contributed by atoms with E-state index >= 15 is 0 Å². The average Bonchev–Trinajstić information content (AvgIpc) is 3.17. The number of benzene rings is 2. The fraction of sp³-hybridized carbons (Fsp3) is 0.385. The highest BCUT2D eigenvalue weighted by Gasteiger charge is 2.36. The summed E-state index contributed by atoms with van der Waals surface area (Å²) in [5.74, 6) is -2.70. The van der Waals surface area contributed by atoms with Crippen molar-refractivity contribution in [3.63, 3.8) is 0 Å². The molecule has 3 amide bonds. The van der Waals surface area contributed by atoms with Crippen LogP contribution in [-0.4, -0.2) is 41.9 Å². The molecule has 2 aromatic rings. The topological polar surface area (TPSA) is 105 Å². The zero-order chi connectivity index (χ0) is 24.9. The number of ether oxygens (including phenoxy) is 1. The van der Waals surface area contributed by atoms with Crippen molar-refractivity contribution < 1.29 is 23.9 Å². The zero-order valence-corrected chi connectivity index (χ0v) is 20.0. The molecule has 0 aliphatic carbocycles. The molecule has 8 heteroatoms. The van der Waals surface area contributed by atoms with Crippen LogP contribution >= 0.6 is 0 Å². The van der Waals surface area contributed by atoms with Gasteiger partial charge in [0.25, 0.3) is 11.8 Å². The van der Waals surface area contributed by atoms with Gasteiger partial charge in [0.05, 0.1) is 12.5 Å². The molecule has 0 saturated carbocycles. The summed E-state index contributed by atoms with van der Waals surface area (Å²) in [6.07, 6.45) is 0.801. The summed E-state index contributed by atoms with van der Waals surface area (Å²) in [5, 5.41) is 3.79. The third-order valence-electron chi connectivity index (χ3n) is 5.70. The molecule has 2 N–H and O–H groups in total. The van der Waals surface area contributed by atoms with Gasteiger partial charge in [-0.3, -0.25) is 29.6 Å². The molecule has 0 aromatic heterocycles. The van der Waals surface area contributed by atoms with Gasteiger partial charge in [-0.25, -0.2) is 0 Å². The molecule has 2 aromatic carbocycles. The first kappa shape index (κ1) is 25.0. The highest BCUT2D eigenvalue weighted by Crippen LogP contribution is 2.22. The number of nitrogens with zero attached hydrogens (tertiary/aromatic N) is 1. The molecule has 1 aliphatic rings. The van der Waals surface area contributed by atoms with E-state index in [-0.39, 0.29) is 24.3 Å². The minimum absolute atomic E-state index is 0.0103. The number of rotatable bonds is 7. The van der Waals surface area contributed by atoms with E-state index in [2.05, 4.69) is 31.5 Å².